The Labute approximate surface area is 80.3 Å². The van der Waals surface area contributed by atoms with Crippen LogP contribution in [-0.4, -0.2) is 24.0 Å². The van der Waals surface area contributed by atoms with Crippen molar-refractivity contribution >= 4 is 5.91 Å². The molecule has 0 aromatic carbocycles. The van der Waals surface area contributed by atoms with Gasteiger partial charge in [-0.25, -0.2) is 0 Å². The zero-order valence-corrected chi connectivity index (χ0v) is 8.98. The first-order valence-electron chi connectivity index (χ1n) is 4.96. The SMILES string of the molecule is CC(C)C[C@H]1NC(C)(C)CNC1=O. The van der Waals surface area contributed by atoms with Crippen molar-refractivity contribution < 1.29 is 4.79 Å². The van der Waals surface area contributed by atoms with Gasteiger partial charge in [0.25, 0.3) is 0 Å². The Balaban J connectivity index is 2.55. The van der Waals surface area contributed by atoms with Gasteiger partial charge < -0.3 is 5.32 Å². The molecule has 1 fully saturated rings. The summed E-state index contributed by atoms with van der Waals surface area (Å²) >= 11 is 0. The molecule has 76 valence electrons. The van der Waals surface area contributed by atoms with Gasteiger partial charge in [-0.3, -0.25) is 10.1 Å². The molecule has 0 aliphatic carbocycles. The maximum atomic E-state index is 11.4. The van der Waals surface area contributed by atoms with Crippen molar-refractivity contribution in [1.82, 2.24) is 10.6 Å². The topological polar surface area (TPSA) is 41.1 Å². The molecule has 3 heteroatoms. The smallest absolute Gasteiger partial charge is 0.237 e. The summed E-state index contributed by atoms with van der Waals surface area (Å²) in [6.45, 7) is 9.22. The fourth-order valence-corrected chi connectivity index (χ4v) is 1.66. The lowest BCUT2D eigenvalue weighted by atomic mass is 9.95. The molecular formula is C10H20N2O. The first-order chi connectivity index (χ1) is 5.91. The molecule has 1 heterocycles. The van der Waals surface area contributed by atoms with Crippen molar-refractivity contribution in [1.29, 1.82) is 0 Å². The van der Waals surface area contributed by atoms with Crippen molar-refractivity contribution in [2.24, 2.45) is 5.92 Å². The maximum Gasteiger partial charge on any atom is 0.237 e. The molecule has 0 spiro atoms. The molecule has 1 amide bonds. The molecule has 1 aliphatic rings. The van der Waals surface area contributed by atoms with Crippen LogP contribution in [0.15, 0.2) is 0 Å². The van der Waals surface area contributed by atoms with Crippen LogP contribution < -0.4 is 10.6 Å². The van der Waals surface area contributed by atoms with E-state index in [0.29, 0.717) is 5.92 Å². The van der Waals surface area contributed by atoms with Gasteiger partial charge in [0.15, 0.2) is 0 Å². The molecular weight excluding hydrogens is 164 g/mol. The van der Waals surface area contributed by atoms with E-state index in [-0.39, 0.29) is 17.5 Å². The van der Waals surface area contributed by atoms with Crippen LogP contribution in [0.25, 0.3) is 0 Å². The van der Waals surface area contributed by atoms with Crippen LogP contribution in [0.2, 0.25) is 0 Å². The monoisotopic (exact) mass is 184 g/mol. The standard InChI is InChI=1S/C10H20N2O/c1-7(2)5-8-9(13)11-6-10(3,4)12-8/h7-8,12H,5-6H2,1-4H3,(H,11,13)/t8-/m1/s1. The van der Waals surface area contributed by atoms with E-state index in [4.69, 9.17) is 0 Å². The molecule has 0 unspecified atom stereocenters. The summed E-state index contributed by atoms with van der Waals surface area (Å²) < 4.78 is 0. The molecule has 3 nitrogen and oxygen atoms in total. The average Bonchev–Trinajstić information content (AvgIpc) is 1.95. The fourth-order valence-electron chi connectivity index (χ4n) is 1.66. The third-order valence-corrected chi connectivity index (χ3v) is 2.29. The van der Waals surface area contributed by atoms with Gasteiger partial charge in [0, 0.05) is 12.1 Å². The van der Waals surface area contributed by atoms with E-state index in [2.05, 4.69) is 38.3 Å². The predicted octanol–water partition coefficient (Wildman–Crippen LogP) is 0.899. The fraction of sp³-hybridized carbons (Fsp3) is 0.900. The van der Waals surface area contributed by atoms with Crippen molar-refractivity contribution in [3.8, 4) is 0 Å². The third-order valence-electron chi connectivity index (χ3n) is 2.29. The minimum absolute atomic E-state index is 0.0104. The number of hydrogen-bond donors (Lipinski definition) is 2. The Bertz CT molecular complexity index is 199. The van der Waals surface area contributed by atoms with E-state index < -0.39 is 0 Å². The van der Waals surface area contributed by atoms with Gasteiger partial charge in [-0.2, -0.15) is 0 Å². The lowest BCUT2D eigenvalue weighted by Gasteiger charge is -2.37. The van der Waals surface area contributed by atoms with Crippen LogP contribution in [0.4, 0.5) is 0 Å². The first-order valence-corrected chi connectivity index (χ1v) is 4.96. The van der Waals surface area contributed by atoms with E-state index in [0.717, 1.165) is 13.0 Å². The first kappa shape index (κ1) is 10.5. The highest BCUT2D eigenvalue weighted by molar-refractivity contribution is 5.82. The normalized spacial score (nSPS) is 27.5. The highest BCUT2D eigenvalue weighted by atomic mass is 16.2. The summed E-state index contributed by atoms with van der Waals surface area (Å²) in [5.74, 6) is 0.699. The van der Waals surface area contributed by atoms with Crippen molar-refractivity contribution in [2.75, 3.05) is 6.54 Å². The number of carbonyl (C=O) groups excluding carboxylic acids is 1. The van der Waals surface area contributed by atoms with Gasteiger partial charge in [0.05, 0.1) is 6.04 Å². The highest BCUT2D eigenvalue weighted by Crippen LogP contribution is 2.13. The molecule has 0 bridgehead atoms. The second-order valence-electron chi connectivity index (χ2n) is 4.93. The molecule has 0 aromatic rings. The van der Waals surface area contributed by atoms with Crippen LogP contribution in [0.3, 0.4) is 0 Å². The molecule has 0 radical (unpaired) electrons. The summed E-state index contributed by atoms with van der Waals surface area (Å²) in [6, 6.07) is -0.0104. The Kier molecular flexibility index (Phi) is 2.96. The summed E-state index contributed by atoms with van der Waals surface area (Å²) in [5, 5.41) is 6.29. The number of hydrogen-bond acceptors (Lipinski definition) is 2. The third kappa shape index (κ3) is 2.99. The van der Waals surface area contributed by atoms with E-state index in [1.54, 1.807) is 0 Å². The molecule has 1 saturated heterocycles. The highest BCUT2D eigenvalue weighted by Gasteiger charge is 2.32. The molecule has 1 atom stereocenters. The summed E-state index contributed by atoms with van der Waals surface area (Å²) in [6.07, 6.45) is 0.912. The van der Waals surface area contributed by atoms with Crippen LogP contribution >= 0.6 is 0 Å². The van der Waals surface area contributed by atoms with Crippen LogP contribution in [-0.2, 0) is 4.79 Å². The molecule has 13 heavy (non-hydrogen) atoms. The Morgan fingerprint density at radius 2 is 2.15 bits per heavy atom. The van der Waals surface area contributed by atoms with Crippen molar-refractivity contribution in [3.05, 3.63) is 0 Å². The van der Waals surface area contributed by atoms with Gasteiger partial charge in [0.1, 0.15) is 0 Å². The van der Waals surface area contributed by atoms with E-state index >= 15 is 0 Å². The lowest BCUT2D eigenvalue weighted by molar-refractivity contribution is -0.126. The second kappa shape index (κ2) is 3.66. The summed E-state index contributed by atoms with van der Waals surface area (Å²) in [5.41, 5.74) is 0.0352. The molecule has 0 aromatic heterocycles. The second-order valence-corrected chi connectivity index (χ2v) is 4.93. The quantitative estimate of drug-likeness (QED) is 0.669. The van der Waals surface area contributed by atoms with Crippen molar-refractivity contribution in [2.45, 2.75) is 45.7 Å². The predicted molar refractivity (Wildman–Crippen MR) is 53.5 cm³/mol. The Morgan fingerprint density at radius 1 is 1.54 bits per heavy atom. The molecule has 2 N–H and O–H groups in total. The zero-order valence-electron chi connectivity index (χ0n) is 8.98. The lowest BCUT2D eigenvalue weighted by Crippen LogP contribution is -2.63. The molecule has 1 rings (SSSR count). The minimum Gasteiger partial charge on any atom is -0.353 e. The van der Waals surface area contributed by atoms with E-state index in [1.807, 2.05) is 0 Å². The van der Waals surface area contributed by atoms with Gasteiger partial charge in [0.2, 0.25) is 5.91 Å². The maximum absolute atomic E-state index is 11.4. The number of amides is 1. The minimum atomic E-state index is -0.0104. The average molecular weight is 184 g/mol. The number of piperazine rings is 1. The molecule has 0 saturated carbocycles. The Hall–Kier alpha value is -0.570. The van der Waals surface area contributed by atoms with Gasteiger partial charge in [-0.1, -0.05) is 13.8 Å². The zero-order chi connectivity index (χ0) is 10.1. The number of nitrogens with one attached hydrogen (secondary N) is 2. The number of rotatable bonds is 2. The largest absolute Gasteiger partial charge is 0.353 e. The number of carbonyl (C=O) groups is 1. The van der Waals surface area contributed by atoms with E-state index in [9.17, 15) is 4.79 Å². The van der Waals surface area contributed by atoms with Crippen LogP contribution in [0.1, 0.15) is 34.1 Å². The van der Waals surface area contributed by atoms with Gasteiger partial charge >= 0.3 is 0 Å². The van der Waals surface area contributed by atoms with E-state index in [1.165, 1.54) is 0 Å². The van der Waals surface area contributed by atoms with Crippen LogP contribution in [0.5, 0.6) is 0 Å². The summed E-state index contributed by atoms with van der Waals surface area (Å²) in [7, 11) is 0. The summed E-state index contributed by atoms with van der Waals surface area (Å²) in [4.78, 5) is 11.4. The van der Waals surface area contributed by atoms with Gasteiger partial charge in [-0.15, -0.1) is 0 Å². The van der Waals surface area contributed by atoms with Gasteiger partial charge in [-0.05, 0) is 26.2 Å². The Morgan fingerprint density at radius 3 is 2.69 bits per heavy atom. The van der Waals surface area contributed by atoms with Crippen LogP contribution in [0, 0.1) is 5.92 Å². The molecule has 1 aliphatic heterocycles. The van der Waals surface area contributed by atoms with Crippen molar-refractivity contribution in [3.63, 3.8) is 0 Å².